The summed E-state index contributed by atoms with van der Waals surface area (Å²) in [5, 5.41) is 30.9. The number of carbonyl (C=O) groups is 4. The number of aliphatic hydroxyl groups is 2. The lowest BCUT2D eigenvalue weighted by molar-refractivity contribution is -0.151. The van der Waals surface area contributed by atoms with Crippen molar-refractivity contribution in [3.63, 3.8) is 0 Å². The molecule has 0 saturated carbocycles. The number of Topliss-reactive ketones (excluding diaryl/α,β-unsaturated/α-hetero) is 1. The number of allylic oxidation sites excluding steroid dienone is 3. The standard InChI is InChI=1S/C21H26O8/c1-12-7-14(22)9-19(2,3)21(12,28)6-5-13-8-15(23)10-20(4,27)11-16(24)29-17(13)18(25)26/h5-7,27-28H,8-11H2,1-4H3,(H,25,26)/b6-5?,17-13-. The Morgan fingerprint density at radius 2 is 1.72 bits per heavy atom. The summed E-state index contributed by atoms with van der Waals surface area (Å²) in [6, 6.07) is 0. The first kappa shape index (κ1) is 22.7. The lowest BCUT2D eigenvalue weighted by atomic mass is 9.64. The molecule has 2 rings (SSSR count). The fourth-order valence-electron chi connectivity index (χ4n) is 3.77. The van der Waals surface area contributed by atoms with Gasteiger partial charge in [0.15, 0.2) is 5.78 Å². The number of ketones is 2. The molecule has 8 nitrogen and oxygen atoms in total. The average Bonchev–Trinajstić information content (AvgIpc) is 2.56. The number of ether oxygens (including phenoxy) is 1. The number of aliphatic carboxylic acids is 1. The SMILES string of the molecule is CC1=CC(=O)CC(C)(C)C1(O)C=C/C1=C(\C(=O)O)OC(=O)CC(C)(O)CC(=O)C1. The van der Waals surface area contributed by atoms with Crippen LogP contribution in [-0.2, 0) is 23.9 Å². The topological polar surface area (TPSA) is 138 Å². The van der Waals surface area contributed by atoms with Crippen molar-refractivity contribution in [2.24, 2.45) is 5.41 Å². The number of hydrogen-bond donors (Lipinski definition) is 3. The monoisotopic (exact) mass is 406 g/mol. The Bertz CT molecular complexity index is 856. The molecular weight excluding hydrogens is 380 g/mol. The maximum absolute atomic E-state index is 12.3. The molecule has 1 aliphatic heterocycles. The van der Waals surface area contributed by atoms with Crippen molar-refractivity contribution in [1.82, 2.24) is 0 Å². The maximum Gasteiger partial charge on any atom is 0.372 e. The highest BCUT2D eigenvalue weighted by Gasteiger charge is 2.47. The smallest absolute Gasteiger partial charge is 0.372 e. The molecule has 158 valence electrons. The molecule has 8 heteroatoms. The van der Waals surface area contributed by atoms with Gasteiger partial charge >= 0.3 is 11.9 Å². The van der Waals surface area contributed by atoms with Crippen LogP contribution in [0, 0.1) is 5.41 Å². The van der Waals surface area contributed by atoms with Crippen molar-refractivity contribution in [2.75, 3.05) is 0 Å². The molecule has 3 N–H and O–H groups in total. The van der Waals surface area contributed by atoms with Crippen molar-refractivity contribution in [3.05, 3.63) is 35.1 Å². The zero-order valence-corrected chi connectivity index (χ0v) is 16.9. The van der Waals surface area contributed by atoms with Crippen molar-refractivity contribution < 1.29 is 39.2 Å². The van der Waals surface area contributed by atoms with Crippen molar-refractivity contribution in [3.8, 4) is 0 Å². The highest BCUT2D eigenvalue weighted by Crippen LogP contribution is 2.44. The summed E-state index contributed by atoms with van der Waals surface area (Å²) in [5.41, 5.74) is -3.84. The van der Waals surface area contributed by atoms with Crippen LogP contribution in [-0.4, -0.2) is 50.0 Å². The van der Waals surface area contributed by atoms with E-state index in [2.05, 4.69) is 0 Å². The van der Waals surface area contributed by atoms with Crippen LogP contribution >= 0.6 is 0 Å². The van der Waals surface area contributed by atoms with E-state index in [1.165, 1.54) is 25.2 Å². The van der Waals surface area contributed by atoms with Gasteiger partial charge in [-0.15, -0.1) is 0 Å². The van der Waals surface area contributed by atoms with Crippen LogP contribution in [0.1, 0.15) is 53.4 Å². The molecule has 0 radical (unpaired) electrons. The summed E-state index contributed by atoms with van der Waals surface area (Å²) >= 11 is 0. The minimum Gasteiger partial charge on any atom is -0.475 e. The van der Waals surface area contributed by atoms with E-state index < -0.39 is 52.9 Å². The second-order valence-corrected chi connectivity index (χ2v) is 8.65. The van der Waals surface area contributed by atoms with Crippen LogP contribution in [0.4, 0.5) is 0 Å². The second kappa shape index (κ2) is 7.68. The Morgan fingerprint density at radius 1 is 1.10 bits per heavy atom. The first-order valence-electron chi connectivity index (χ1n) is 9.21. The van der Waals surface area contributed by atoms with Gasteiger partial charge in [-0.1, -0.05) is 19.9 Å². The van der Waals surface area contributed by atoms with Gasteiger partial charge in [0, 0.05) is 30.3 Å². The number of carbonyl (C=O) groups excluding carboxylic acids is 3. The van der Waals surface area contributed by atoms with Gasteiger partial charge in [-0.25, -0.2) is 4.79 Å². The van der Waals surface area contributed by atoms with E-state index in [4.69, 9.17) is 4.74 Å². The summed E-state index contributed by atoms with van der Waals surface area (Å²) in [6.45, 7) is 6.28. The lowest BCUT2D eigenvalue weighted by Crippen LogP contribution is -2.48. The van der Waals surface area contributed by atoms with Crippen molar-refractivity contribution >= 4 is 23.5 Å². The van der Waals surface area contributed by atoms with Crippen LogP contribution in [0.5, 0.6) is 0 Å². The third-order valence-corrected chi connectivity index (χ3v) is 5.34. The molecule has 2 unspecified atom stereocenters. The fourth-order valence-corrected chi connectivity index (χ4v) is 3.77. The highest BCUT2D eigenvalue weighted by molar-refractivity contribution is 5.94. The average molecular weight is 406 g/mol. The van der Waals surface area contributed by atoms with E-state index in [0.717, 1.165) is 0 Å². The van der Waals surface area contributed by atoms with Crippen molar-refractivity contribution in [2.45, 2.75) is 64.6 Å². The number of carboxylic acids is 1. The maximum atomic E-state index is 12.3. The van der Waals surface area contributed by atoms with Gasteiger partial charge in [0.05, 0.1) is 12.0 Å². The Hall–Kier alpha value is -2.58. The molecule has 1 aliphatic carbocycles. The van der Waals surface area contributed by atoms with E-state index >= 15 is 0 Å². The normalized spacial score (nSPS) is 33.6. The summed E-state index contributed by atoms with van der Waals surface area (Å²) in [4.78, 5) is 47.9. The predicted molar refractivity (Wildman–Crippen MR) is 101 cm³/mol. The third kappa shape index (κ3) is 4.89. The number of rotatable bonds is 3. The van der Waals surface area contributed by atoms with Crippen molar-refractivity contribution in [1.29, 1.82) is 0 Å². The van der Waals surface area contributed by atoms with E-state index in [-0.39, 0.29) is 24.2 Å². The van der Waals surface area contributed by atoms with Gasteiger partial charge in [-0.2, -0.15) is 0 Å². The largest absolute Gasteiger partial charge is 0.475 e. The fraction of sp³-hybridized carbons (Fsp3) is 0.524. The first-order valence-corrected chi connectivity index (χ1v) is 9.21. The Morgan fingerprint density at radius 3 is 2.28 bits per heavy atom. The molecule has 0 aromatic carbocycles. The molecule has 0 fully saturated rings. The number of carboxylic acid groups (broad SMARTS) is 1. The molecule has 29 heavy (non-hydrogen) atoms. The number of cyclic esters (lactones) is 1. The zero-order valence-electron chi connectivity index (χ0n) is 16.9. The summed E-state index contributed by atoms with van der Waals surface area (Å²) in [6.07, 6.45) is 2.67. The van der Waals surface area contributed by atoms with Crippen LogP contribution in [0.15, 0.2) is 35.1 Å². The van der Waals surface area contributed by atoms with Crippen LogP contribution in [0.3, 0.4) is 0 Å². The molecule has 2 atom stereocenters. The molecule has 0 amide bonds. The molecular formula is C21H26O8. The molecule has 0 bridgehead atoms. The van der Waals surface area contributed by atoms with Gasteiger partial charge in [0.1, 0.15) is 11.4 Å². The van der Waals surface area contributed by atoms with Gasteiger partial charge in [-0.05, 0) is 31.6 Å². The number of hydrogen-bond acceptors (Lipinski definition) is 7. The Labute approximate surface area is 168 Å². The minimum atomic E-state index is -1.65. The predicted octanol–water partition coefficient (Wildman–Crippen LogP) is 1.60. The highest BCUT2D eigenvalue weighted by atomic mass is 16.6. The second-order valence-electron chi connectivity index (χ2n) is 8.65. The van der Waals surface area contributed by atoms with Crippen LogP contribution < -0.4 is 0 Å². The van der Waals surface area contributed by atoms with Crippen LogP contribution in [0.2, 0.25) is 0 Å². The molecule has 0 saturated heterocycles. The van der Waals surface area contributed by atoms with E-state index in [1.54, 1.807) is 20.8 Å². The Balaban J connectivity index is 2.54. The lowest BCUT2D eigenvalue weighted by Gasteiger charge is -2.44. The van der Waals surface area contributed by atoms with Crippen LogP contribution in [0.25, 0.3) is 0 Å². The Kier molecular flexibility index (Phi) is 6.02. The van der Waals surface area contributed by atoms with Gasteiger partial charge < -0.3 is 20.1 Å². The quantitative estimate of drug-likeness (QED) is 0.601. The summed E-state index contributed by atoms with van der Waals surface area (Å²) in [7, 11) is 0. The molecule has 0 aromatic rings. The number of esters is 1. The van der Waals surface area contributed by atoms with E-state index in [1.807, 2.05) is 0 Å². The minimum absolute atomic E-state index is 0.0762. The van der Waals surface area contributed by atoms with Gasteiger partial charge in [0.25, 0.3) is 0 Å². The zero-order chi connectivity index (χ0) is 22.2. The summed E-state index contributed by atoms with van der Waals surface area (Å²) < 4.78 is 4.93. The summed E-state index contributed by atoms with van der Waals surface area (Å²) in [5.74, 6) is -3.88. The molecule has 0 spiro atoms. The van der Waals surface area contributed by atoms with Gasteiger partial charge in [0.2, 0.25) is 5.76 Å². The van der Waals surface area contributed by atoms with E-state index in [0.29, 0.717) is 5.57 Å². The molecule has 1 heterocycles. The first-order chi connectivity index (χ1) is 13.2. The molecule has 0 aromatic heterocycles. The molecule has 2 aliphatic rings. The third-order valence-electron chi connectivity index (χ3n) is 5.34. The van der Waals surface area contributed by atoms with E-state index in [9.17, 15) is 34.5 Å². The van der Waals surface area contributed by atoms with Gasteiger partial charge in [-0.3, -0.25) is 14.4 Å².